The van der Waals surface area contributed by atoms with Crippen molar-refractivity contribution in [2.45, 2.75) is 52.2 Å². The van der Waals surface area contributed by atoms with E-state index in [9.17, 15) is 9.59 Å². The molecule has 0 saturated heterocycles. The Hall–Kier alpha value is -4.34. The fraction of sp³-hybridized carbons (Fsp3) is 0.308. The van der Waals surface area contributed by atoms with E-state index in [4.69, 9.17) is 0 Å². The van der Waals surface area contributed by atoms with Crippen LogP contribution in [-0.4, -0.2) is 39.5 Å². The van der Waals surface area contributed by atoms with Crippen LogP contribution in [0.2, 0.25) is 0 Å². The number of imidazole rings is 1. The molecule has 0 spiro atoms. The van der Waals surface area contributed by atoms with Crippen LogP contribution < -0.4 is 11.1 Å². The molecule has 0 saturated carbocycles. The molecule has 4 heterocycles. The van der Waals surface area contributed by atoms with Crippen LogP contribution in [0.5, 0.6) is 0 Å². The van der Waals surface area contributed by atoms with Crippen LogP contribution in [0.15, 0.2) is 58.1 Å². The van der Waals surface area contributed by atoms with E-state index in [1.165, 1.54) is 0 Å². The Morgan fingerprint density at radius 3 is 2.42 bits per heavy atom. The summed E-state index contributed by atoms with van der Waals surface area (Å²) in [6, 6.07) is 16.1. The van der Waals surface area contributed by atoms with Gasteiger partial charge < -0.3 is 4.57 Å². The number of rotatable bonds is 7. The zero-order valence-electron chi connectivity index (χ0n) is 20.0. The number of aromatic nitrogens is 8. The Morgan fingerprint density at radius 1 is 0.944 bits per heavy atom. The van der Waals surface area contributed by atoms with E-state index < -0.39 is 0 Å². The largest absolute Gasteiger partial charge is 0.319 e. The molecule has 3 aromatic heterocycles. The van der Waals surface area contributed by atoms with Crippen LogP contribution in [0.3, 0.4) is 0 Å². The second kappa shape index (κ2) is 9.03. The van der Waals surface area contributed by atoms with Crippen molar-refractivity contribution in [1.29, 1.82) is 0 Å². The third-order valence-electron chi connectivity index (χ3n) is 6.82. The van der Waals surface area contributed by atoms with Crippen LogP contribution >= 0.6 is 0 Å². The van der Waals surface area contributed by atoms with Gasteiger partial charge in [0.25, 0.3) is 11.1 Å². The molecule has 10 nitrogen and oxygen atoms in total. The monoisotopic (exact) mass is 482 g/mol. The van der Waals surface area contributed by atoms with Crippen LogP contribution in [0, 0.1) is 0 Å². The Balaban J connectivity index is 1.40. The van der Waals surface area contributed by atoms with E-state index >= 15 is 0 Å². The maximum absolute atomic E-state index is 13.4. The molecule has 0 aliphatic carbocycles. The molecule has 0 bridgehead atoms. The maximum atomic E-state index is 13.4. The lowest BCUT2D eigenvalue weighted by Crippen LogP contribution is -2.35. The summed E-state index contributed by atoms with van der Waals surface area (Å²) in [6.07, 6.45) is 3.46. The molecular formula is C26H26N8O2. The van der Waals surface area contributed by atoms with Gasteiger partial charge in [0.2, 0.25) is 5.82 Å². The standard InChI is InChI=1S/C26H26N8O2/c1-2-3-9-21-27-22-23(26(36)34-15-6-14-33(34)25(22)35)32(21)16-17-10-12-18(13-11-17)19-7-4-5-8-20(19)24-28-30-31-29-24/h4-5,7-8,10-13H,2-3,6,9,14-16H2,1H3,(H,28,29,30,31). The molecule has 6 rings (SSSR count). The summed E-state index contributed by atoms with van der Waals surface area (Å²) in [6.45, 7) is 3.72. The van der Waals surface area contributed by atoms with Gasteiger partial charge in [-0.25, -0.2) is 14.3 Å². The fourth-order valence-corrected chi connectivity index (χ4v) is 5.02. The highest BCUT2D eigenvalue weighted by Crippen LogP contribution is 2.30. The molecule has 0 unspecified atom stereocenters. The lowest BCUT2D eigenvalue weighted by Gasteiger charge is -2.12. The second-order valence-electron chi connectivity index (χ2n) is 9.10. The van der Waals surface area contributed by atoms with Crippen LogP contribution in [-0.2, 0) is 26.1 Å². The SMILES string of the molecule is CCCCc1nc2c(=O)n3n(c(=O)c2n1Cc1ccc(-c2ccccc2-c2nn[nH]n2)cc1)CCC3. The van der Waals surface area contributed by atoms with Crippen molar-refractivity contribution in [2.24, 2.45) is 0 Å². The quantitative estimate of drug-likeness (QED) is 0.381. The lowest BCUT2D eigenvalue weighted by molar-refractivity contribution is 0.554. The van der Waals surface area contributed by atoms with Gasteiger partial charge in [0.15, 0.2) is 5.52 Å². The summed E-state index contributed by atoms with van der Waals surface area (Å²) in [4.78, 5) is 31.2. The summed E-state index contributed by atoms with van der Waals surface area (Å²) >= 11 is 0. The summed E-state index contributed by atoms with van der Waals surface area (Å²) in [5.41, 5.74) is 4.34. The summed E-state index contributed by atoms with van der Waals surface area (Å²) < 4.78 is 5.06. The third-order valence-corrected chi connectivity index (χ3v) is 6.82. The van der Waals surface area contributed by atoms with Crippen LogP contribution in [0.1, 0.15) is 37.6 Å². The van der Waals surface area contributed by atoms with Crippen LogP contribution in [0.4, 0.5) is 0 Å². The smallest absolute Gasteiger partial charge is 0.293 e. The van der Waals surface area contributed by atoms with Crippen LogP contribution in [0.25, 0.3) is 33.5 Å². The van der Waals surface area contributed by atoms with Gasteiger partial charge in [-0.15, -0.1) is 10.2 Å². The molecule has 36 heavy (non-hydrogen) atoms. The minimum atomic E-state index is -0.174. The van der Waals surface area contributed by atoms with Gasteiger partial charge in [0.1, 0.15) is 11.3 Å². The number of fused-ring (bicyclic) bond motifs is 2. The lowest BCUT2D eigenvalue weighted by atomic mass is 9.98. The highest BCUT2D eigenvalue weighted by Gasteiger charge is 2.23. The molecule has 1 aliphatic heterocycles. The van der Waals surface area contributed by atoms with Gasteiger partial charge in [-0.3, -0.25) is 9.59 Å². The Kier molecular flexibility index (Phi) is 5.55. The first-order valence-electron chi connectivity index (χ1n) is 12.3. The predicted molar refractivity (Wildman–Crippen MR) is 136 cm³/mol. The highest BCUT2D eigenvalue weighted by atomic mass is 16.2. The van der Waals surface area contributed by atoms with E-state index in [2.05, 4.69) is 56.8 Å². The number of aromatic amines is 1. The number of H-pyrrole nitrogens is 1. The Morgan fingerprint density at radius 2 is 1.69 bits per heavy atom. The Labute approximate surface area is 206 Å². The number of nitrogens with zero attached hydrogens (tertiary/aromatic N) is 7. The zero-order valence-corrected chi connectivity index (χ0v) is 20.0. The topological polar surface area (TPSA) is 116 Å². The van der Waals surface area contributed by atoms with Crippen molar-refractivity contribution >= 4 is 11.0 Å². The van der Waals surface area contributed by atoms with Crippen molar-refractivity contribution in [3.05, 3.63) is 80.6 Å². The van der Waals surface area contributed by atoms with E-state index in [-0.39, 0.29) is 16.6 Å². The molecule has 10 heteroatoms. The number of hydrogen-bond donors (Lipinski definition) is 1. The molecule has 2 aromatic carbocycles. The van der Waals surface area contributed by atoms with Gasteiger partial charge in [-0.05, 0) is 34.7 Å². The summed E-state index contributed by atoms with van der Waals surface area (Å²) in [7, 11) is 0. The summed E-state index contributed by atoms with van der Waals surface area (Å²) in [5.74, 6) is 1.33. The molecule has 0 amide bonds. The predicted octanol–water partition coefficient (Wildman–Crippen LogP) is 3.00. The molecule has 5 aromatic rings. The van der Waals surface area contributed by atoms with Gasteiger partial charge in [-0.1, -0.05) is 61.9 Å². The molecule has 1 N–H and O–H groups in total. The first kappa shape index (κ1) is 22.1. The van der Waals surface area contributed by atoms with Gasteiger partial charge in [0, 0.05) is 31.6 Å². The number of aryl methyl sites for hydroxylation is 1. The van der Waals surface area contributed by atoms with E-state index in [0.29, 0.717) is 31.0 Å². The van der Waals surface area contributed by atoms with Crippen molar-refractivity contribution < 1.29 is 0 Å². The number of benzene rings is 2. The average Bonchev–Trinajstić information content (AvgIpc) is 3.67. The van der Waals surface area contributed by atoms with Crippen molar-refractivity contribution in [3.8, 4) is 22.5 Å². The fourth-order valence-electron chi connectivity index (χ4n) is 5.02. The zero-order chi connectivity index (χ0) is 24.6. The molecular weight excluding hydrogens is 456 g/mol. The molecule has 0 radical (unpaired) electrons. The highest BCUT2D eigenvalue weighted by molar-refractivity contribution is 5.80. The molecule has 0 atom stereocenters. The number of tetrazole rings is 1. The first-order chi connectivity index (χ1) is 17.7. The summed E-state index contributed by atoms with van der Waals surface area (Å²) in [5, 5.41) is 14.4. The number of nitrogens with one attached hydrogen (secondary N) is 1. The van der Waals surface area contributed by atoms with Crippen molar-refractivity contribution in [2.75, 3.05) is 0 Å². The average molecular weight is 483 g/mol. The third kappa shape index (κ3) is 3.65. The minimum Gasteiger partial charge on any atom is -0.319 e. The van der Waals surface area contributed by atoms with E-state index in [1.54, 1.807) is 9.36 Å². The minimum absolute atomic E-state index is 0.136. The number of hydrogen-bond acceptors (Lipinski definition) is 6. The molecule has 1 aliphatic rings. The number of unbranched alkanes of at least 4 members (excludes halogenated alkanes) is 1. The van der Waals surface area contributed by atoms with Gasteiger partial charge in [0.05, 0.1) is 0 Å². The van der Waals surface area contributed by atoms with Crippen molar-refractivity contribution in [1.82, 2.24) is 39.5 Å². The van der Waals surface area contributed by atoms with Gasteiger partial charge >= 0.3 is 0 Å². The molecule has 182 valence electrons. The van der Waals surface area contributed by atoms with E-state index in [1.807, 2.05) is 28.8 Å². The van der Waals surface area contributed by atoms with E-state index in [0.717, 1.165) is 53.8 Å². The molecule has 0 fully saturated rings. The van der Waals surface area contributed by atoms with Gasteiger partial charge in [-0.2, -0.15) is 5.21 Å². The Bertz CT molecular complexity index is 1660. The normalized spacial score (nSPS) is 12.9. The second-order valence-corrected chi connectivity index (χ2v) is 9.10. The van der Waals surface area contributed by atoms with Crippen molar-refractivity contribution in [3.63, 3.8) is 0 Å². The first-order valence-corrected chi connectivity index (χ1v) is 12.3. The maximum Gasteiger partial charge on any atom is 0.293 e.